The van der Waals surface area contributed by atoms with Gasteiger partial charge in [0.15, 0.2) is 0 Å². The molecule has 4 heteroatoms. The van der Waals surface area contributed by atoms with Crippen LogP contribution in [-0.2, 0) is 0 Å². The Labute approximate surface area is 309 Å². The summed E-state index contributed by atoms with van der Waals surface area (Å²) in [7, 11) is -8.65. The van der Waals surface area contributed by atoms with E-state index in [-0.39, 0.29) is 0 Å². The first kappa shape index (κ1) is 38.2. The van der Waals surface area contributed by atoms with Gasteiger partial charge in [0.25, 0.3) is 0 Å². The molecule has 0 bridgehead atoms. The highest BCUT2D eigenvalue weighted by molar-refractivity contribution is 7.14. The van der Waals surface area contributed by atoms with E-state index >= 15 is 0 Å². The maximum Gasteiger partial charge on any atom is 0.117 e. The van der Waals surface area contributed by atoms with E-state index in [9.17, 15) is 0 Å². The largest absolute Gasteiger partial charge is 0.117 e. The van der Waals surface area contributed by atoms with E-state index < -0.39 is 32.3 Å². The summed E-state index contributed by atoms with van der Waals surface area (Å²) in [5.74, 6) is 0. The van der Waals surface area contributed by atoms with E-state index in [0.717, 1.165) is 0 Å². The maximum absolute atomic E-state index is 2.97. The second-order valence-corrected chi connectivity index (χ2v) is 33.3. The molecule has 0 radical (unpaired) electrons. The zero-order chi connectivity index (χ0) is 35.8. The van der Waals surface area contributed by atoms with Gasteiger partial charge in [-0.25, -0.2) is 0 Å². The molecule has 0 saturated carbocycles. The van der Waals surface area contributed by atoms with Gasteiger partial charge < -0.3 is 0 Å². The highest BCUT2D eigenvalue weighted by atomic mass is 28.3. The zero-order valence-corrected chi connectivity index (χ0v) is 36.4. The molecule has 0 unspecified atom stereocenters. The van der Waals surface area contributed by atoms with E-state index in [2.05, 4.69) is 189 Å². The molecule has 5 rings (SSSR count). The van der Waals surface area contributed by atoms with E-state index in [0.29, 0.717) is 0 Å². The summed E-state index contributed by atoms with van der Waals surface area (Å²) in [6.07, 6.45) is 0. The lowest BCUT2D eigenvalue weighted by molar-refractivity contribution is 1.27. The van der Waals surface area contributed by atoms with Crippen molar-refractivity contribution in [2.75, 3.05) is 0 Å². The Morgan fingerprint density at radius 2 is 0.420 bits per heavy atom. The molecule has 0 aliphatic carbocycles. The normalized spacial score (nSPS) is 12.6. The minimum Gasteiger partial charge on any atom is -0.0672 e. The Morgan fingerprint density at radius 1 is 0.260 bits per heavy atom. The molecule has 50 heavy (non-hydrogen) atoms. The molecule has 0 fully saturated rings. The van der Waals surface area contributed by atoms with Gasteiger partial charge >= 0.3 is 0 Å². The van der Waals surface area contributed by atoms with Crippen molar-refractivity contribution in [2.24, 2.45) is 0 Å². The molecule has 0 aromatic heterocycles. The summed E-state index contributed by atoms with van der Waals surface area (Å²) >= 11 is 0. The number of hydrogen-bond acceptors (Lipinski definition) is 0. The summed E-state index contributed by atoms with van der Waals surface area (Å²) in [6.45, 7) is 20.2. The predicted octanol–water partition coefficient (Wildman–Crippen LogP) is 8.10. The van der Waals surface area contributed by atoms with Crippen molar-refractivity contribution in [3.63, 3.8) is 0 Å². The third-order valence-corrected chi connectivity index (χ3v) is 35.0. The van der Waals surface area contributed by atoms with Gasteiger partial charge in [-0.2, -0.15) is 0 Å². The monoisotopic (exact) mass is 726 g/mol. The average molecular weight is 727 g/mol. The maximum atomic E-state index is 2.97. The van der Waals surface area contributed by atoms with Gasteiger partial charge in [0.2, 0.25) is 0 Å². The van der Waals surface area contributed by atoms with Crippen LogP contribution in [0.3, 0.4) is 0 Å². The fourth-order valence-corrected chi connectivity index (χ4v) is 30.1. The Balaban J connectivity index is 2.09. The standard InChI is InChI=1S/C46H62Si4/c1-9-47(10-2,39-29-21-17-22-30-39)43-37-45(49(13-5,14-6)41-33-25-19-26-34-41)46(50(15-7,16-8)42-35-27-20-28-36-42)38-44(43)48(11-3,12-4)40-31-23-18-24-32-40/h17-38H,9-16H2,1-8H3. The Hall–Kier alpha value is -3.03. The van der Waals surface area contributed by atoms with Gasteiger partial charge in [-0.3, -0.25) is 0 Å². The molecule has 5 aromatic rings. The first-order chi connectivity index (χ1) is 24.4. The van der Waals surface area contributed by atoms with Crippen LogP contribution in [0.25, 0.3) is 0 Å². The zero-order valence-electron chi connectivity index (χ0n) is 32.4. The first-order valence-electron chi connectivity index (χ1n) is 19.8. The third-order valence-electron chi connectivity index (χ3n) is 13.4. The minimum atomic E-state index is -2.16. The molecule has 0 atom stereocenters. The van der Waals surface area contributed by atoms with Crippen LogP contribution in [0, 0.1) is 0 Å². The van der Waals surface area contributed by atoms with E-state index in [1.165, 1.54) is 48.4 Å². The summed E-state index contributed by atoms with van der Waals surface area (Å²) in [5, 5.41) is 13.6. The van der Waals surface area contributed by atoms with Gasteiger partial charge in [0, 0.05) is 0 Å². The van der Waals surface area contributed by atoms with Crippen LogP contribution >= 0.6 is 0 Å². The average Bonchev–Trinajstić information content (AvgIpc) is 3.20. The molecular weight excluding hydrogens is 665 g/mol. The Bertz CT molecular complexity index is 1500. The third kappa shape index (κ3) is 6.35. The van der Waals surface area contributed by atoms with Crippen LogP contribution in [0.4, 0.5) is 0 Å². The van der Waals surface area contributed by atoms with E-state index in [4.69, 9.17) is 0 Å². The fourth-order valence-electron chi connectivity index (χ4n) is 9.99. The second-order valence-electron chi connectivity index (χ2n) is 14.6. The van der Waals surface area contributed by atoms with Crippen molar-refractivity contribution >= 4 is 73.8 Å². The summed E-state index contributed by atoms with van der Waals surface area (Å²) in [5.41, 5.74) is 0. The number of benzene rings is 5. The number of rotatable bonds is 16. The molecule has 0 N–H and O–H groups in total. The van der Waals surface area contributed by atoms with E-state index in [1.807, 2.05) is 0 Å². The van der Waals surface area contributed by atoms with Gasteiger partial charge in [-0.15, -0.1) is 0 Å². The molecule has 0 heterocycles. The lowest BCUT2D eigenvalue weighted by Crippen LogP contribution is -2.77. The second kappa shape index (κ2) is 16.5. The highest BCUT2D eigenvalue weighted by Crippen LogP contribution is 2.25. The molecule has 262 valence electrons. The summed E-state index contributed by atoms with van der Waals surface area (Å²) in [4.78, 5) is 0. The van der Waals surface area contributed by atoms with Gasteiger partial charge in [-0.05, 0) is 0 Å². The molecule has 0 spiro atoms. The van der Waals surface area contributed by atoms with Crippen LogP contribution in [-0.4, -0.2) is 32.3 Å². The SMILES string of the molecule is CC[Si](CC)(c1ccccc1)c1cc([Si](CC)(CC)c2ccccc2)c([Si](CC)(CC)c2ccccc2)cc1[Si](CC)(CC)c1ccccc1. The molecule has 0 aliphatic rings. The van der Waals surface area contributed by atoms with Gasteiger partial charge in [0.1, 0.15) is 32.3 Å². The molecule has 0 aliphatic heterocycles. The quantitative estimate of drug-likeness (QED) is 0.0903. The topological polar surface area (TPSA) is 0 Å². The Morgan fingerprint density at radius 3 is 0.560 bits per heavy atom. The van der Waals surface area contributed by atoms with Gasteiger partial charge in [-0.1, -0.05) is 279 Å². The van der Waals surface area contributed by atoms with Crippen molar-refractivity contribution in [3.8, 4) is 0 Å². The van der Waals surface area contributed by atoms with Crippen LogP contribution in [0.1, 0.15) is 55.4 Å². The van der Waals surface area contributed by atoms with Crippen molar-refractivity contribution in [3.05, 3.63) is 133 Å². The lowest BCUT2D eigenvalue weighted by Gasteiger charge is -2.45. The van der Waals surface area contributed by atoms with Crippen LogP contribution in [0.2, 0.25) is 48.4 Å². The van der Waals surface area contributed by atoms with E-state index in [1.54, 1.807) is 41.5 Å². The van der Waals surface area contributed by atoms with Crippen LogP contribution in [0.15, 0.2) is 133 Å². The van der Waals surface area contributed by atoms with Crippen LogP contribution < -0.4 is 41.5 Å². The molecule has 0 nitrogen and oxygen atoms in total. The van der Waals surface area contributed by atoms with Crippen LogP contribution in [0.5, 0.6) is 0 Å². The number of hydrogen-bond donors (Lipinski definition) is 0. The minimum absolute atomic E-state index is 1.23. The first-order valence-corrected chi connectivity index (χ1v) is 29.4. The highest BCUT2D eigenvalue weighted by Gasteiger charge is 2.48. The molecule has 0 saturated heterocycles. The molecule has 5 aromatic carbocycles. The lowest BCUT2D eigenvalue weighted by atomic mass is 10.3. The van der Waals surface area contributed by atoms with Crippen molar-refractivity contribution in [2.45, 2.75) is 104 Å². The smallest absolute Gasteiger partial charge is 0.0672 e. The predicted molar refractivity (Wildman–Crippen MR) is 236 cm³/mol. The van der Waals surface area contributed by atoms with Crippen molar-refractivity contribution < 1.29 is 0 Å². The van der Waals surface area contributed by atoms with Crippen molar-refractivity contribution in [1.29, 1.82) is 0 Å². The molecular formula is C46H62Si4. The summed E-state index contributed by atoms with van der Waals surface area (Å²) < 4.78 is 0. The van der Waals surface area contributed by atoms with Gasteiger partial charge in [0.05, 0.1) is 0 Å². The Kier molecular flexibility index (Phi) is 12.6. The van der Waals surface area contributed by atoms with Crippen molar-refractivity contribution in [1.82, 2.24) is 0 Å². The summed E-state index contributed by atoms with van der Waals surface area (Å²) in [6, 6.07) is 63.0. The fraction of sp³-hybridized carbons (Fsp3) is 0.348. The molecule has 0 amide bonds.